The van der Waals surface area contributed by atoms with Gasteiger partial charge in [-0.1, -0.05) is 18.2 Å². The Bertz CT molecular complexity index is 1100. The van der Waals surface area contributed by atoms with Gasteiger partial charge < -0.3 is 15.0 Å². The number of aromatic nitrogens is 2. The lowest BCUT2D eigenvalue weighted by molar-refractivity contribution is 0.0858. The molecule has 1 saturated heterocycles. The smallest absolute Gasteiger partial charge is 0.333 e. The fourth-order valence-corrected chi connectivity index (χ4v) is 3.28. The zero-order valence-corrected chi connectivity index (χ0v) is 14.6. The van der Waals surface area contributed by atoms with Crippen molar-refractivity contribution in [1.29, 1.82) is 0 Å². The number of H-pyrrole nitrogens is 1. The molecule has 2 heterocycles. The molecule has 1 amide bonds. The van der Waals surface area contributed by atoms with Gasteiger partial charge in [-0.2, -0.15) is 0 Å². The molecule has 138 valence electrons. The number of hydrogen-bond acceptors (Lipinski definition) is 4. The van der Waals surface area contributed by atoms with Crippen LogP contribution in [0.4, 0.5) is 0 Å². The van der Waals surface area contributed by atoms with E-state index in [4.69, 9.17) is 4.74 Å². The topological polar surface area (TPSA) is 93.2 Å². The molecule has 1 atom stereocenters. The van der Waals surface area contributed by atoms with Gasteiger partial charge in [-0.05, 0) is 43.2 Å². The predicted molar refractivity (Wildman–Crippen MR) is 101 cm³/mol. The zero-order valence-electron chi connectivity index (χ0n) is 14.6. The van der Waals surface area contributed by atoms with E-state index in [2.05, 4.69) is 10.3 Å². The van der Waals surface area contributed by atoms with Gasteiger partial charge >= 0.3 is 5.69 Å². The highest BCUT2D eigenvalue weighted by Crippen LogP contribution is 2.13. The van der Waals surface area contributed by atoms with Crippen LogP contribution >= 0.6 is 0 Å². The molecule has 1 aliphatic rings. The van der Waals surface area contributed by atoms with Crippen LogP contribution in [-0.4, -0.2) is 34.7 Å². The van der Waals surface area contributed by atoms with Gasteiger partial charge in [0.2, 0.25) is 0 Å². The number of hydrogen-bond donors (Lipinski definition) is 2. The molecule has 3 aromatic rings. The Kier molecular flexibility index (Phi) is 4.60. The van der Waals surface area contributed by atoms with E-state index in [1.807, 2.05) is 6.07 Å². The molecule has 0 bridgehead atoms. The maximum Gasteiger partial charge on any atom is 0.333 e. The standard InChI is InChI=1S/C20H19N3O4/c24-18(21-12-15-7-4-10-27-15)13-8-9-16-17(11-13)22-20(26)23(19(16)25)14-5-2-1-3-6-14/h1-3,5-6,8-9,11,15H,4,7,10,12H2,(H,21,24)(H,22,26)/t15-/m1/s1. The summed E-state index contributed by atoms with van der Waals surface area (Å²) in [6.45, 7) is 1.18. The van der Waals surface area contributed by atoms with Crippen LogP contribution in [-0.2, 0) is 4.74 Å². The fraction of sp³-hybridized carbons (Fsp3) is 0.250. The minimum atomic E-state index is -0.546. The Balaban J connectivity index is 1.66. The first-order valence-corrected chi connectivity index (χ1v) is 8.88. The fourth-order valence-electron chi connectivity index (χ4n) is 3.28. The number of nitrogens with zero attached hydrogens (tertiary/aromatic N) is 1. The molecule has 7 heteroatoms. The number of aromatic amines is 1. The SMILES string of the molecule is O=C(NC[C@H]1CCCO1)c1ccc2c(=O)n(-c3ccccc3)c(=O)[nH]c2c1. The number of carbonyl (C=O) groups excluding carboxylic acids is 1. The summed E-state index contributed by atoms with van der Waals surface area (Å²) in [5.74, 6) is -0.263. The van der Waals surface area contributed by atoms with E-state index in [-0.39, 0.29) is 12.0 Å². The van der Waals surface area contributed by atoms with E-state index >= 15 is 0 Å². The highest BCUT2D eigenvalue weighted by molar-refractivity contribution is 5.97. The number of carbonyl (C=O) groups is 1. The summed E-state index contributed by atoms with van der Waals surface area (Å²) in [6, 6.07) is 13.4. The van der Waals surface area contributed by atoms with Gasteiger partial charge in [-0.15, -0.1) is 0 Å². The van der Waals surface area contributed by atoms with Crippen LogP contribution < -0.4 is 16.6 Å². The van der Waals surface area contributed by atoms with Crippen molar-refractivity contribution in [2.75, 3.05) is 13.2 Å². The highest BCUT2D eigenvalue weighted by Gasteiger charge is 2.17. The van der Waals surface area contributed by atoms with Crippen LogP contribution in [0.3, 0.4) is 0 Å². The molecule has 4 rings (SSSR count). The number of benzene rings is 2. The van der Waals surface area contributed by atoms with Gasteiger partial charge in [0, 0.05) is 18.7 Å². The van der Waals surface area contributed by atoms with Crippen LogP contribution in [0.2, 0.25) is 0 Å². The van der Waals surface area contributed by atoms with Crippen molar-refractivity contribution in [2.45, 2.75) is 18.9 Å². The Hall–Kier alpha value is -3.19. The maximum atomic E-state index is 12.8. The molecule has 7 nitrogen and oxygen atoms in total. The first kappa shape index (κ1) is 17.2. The first-order valence-electron chi connectivity index (χ1n) is 8.88. The molecule has 0 spiro atoms. The number of nitrogens with one attached hydrogen (secondary N) is 2. The summed E-state index contributed by atoms with van der Waals surface area (Å²) >= 11 is 0. The van der Waals surface area contributed by atoms with Crippen LogP contribution in [0.25, 0.3) is 16.6 Å². The van der Waals surface area contributed by atoms with Gasteiger partial charge in [0.25, 0.3) is 11.5 Å². The van der Waals surface area contributed by atoms with E-state index in [0.29, 0.717) is 28.7 Å². The van der Waals surface area contributed by atoms with Crippen molar-refractivity contribution in [3.8, 4) is 5.69 Å². The average molecular weight is 365 g/mol. The largest absolute Gasteiger partial charge is 0.376 e. The van der Waals surface area contributed by atoms with Crippen LogP contribution in [0.15, 0.2) is 58.1 Å². The second-order valence-corrected chi connectivity index (χ2v) is 6.51. The van der Waals surface area contributed by atoms with Gasteiger partial charge in [-0.25, -0.2) is 9.36 Å². The second-order valence-electron chi connectivity index (χ2n) is 6.51. The lowest BCUT2D eigenvalue weighted by Crippen LogP contribution is -2.34. The lowest BCUT2D eigenvalue weighted by atomic mass is 10.1. The monoisotopic (exact) mass is 365 g/mol. The molecule has 0 saturated carbocycles. The second kappa shape index (κ2) is 7.20. The Labute approximate surface area is 154 Å². The molecule has 0 unspecified atom stereocenters. The van der Waals surface area contributed by atoms with Crippen molar-refractivity contribution < 1.29 is 9.53 Å². The molecular formula is C20H19N3O4. The molecule has 1 fully saturated rings. The summed E-state index contributed by atoms with van der Waals surface area (Å²) < 4.78 is 6.57. The van der Waals surface area contributed by atoms with Crippen molar-refractivity contribution in [1.82, 2.24) is 14.9 Å². The third-order valence-corrected chi connectivity index (χ3v) is 4.69. The van der Waals surface area contributed by atoms with Crippen LogP contribution in [0, 0.1) is 0 Å². The molecule has 1 aliphatic heterocycles. The van der Waals surface area contributed by atoms with Gasteiger partial charge in [0.05, 0.1) is 22.7 Å². The first-order chi connectivity index (χ1) is 13.1. The summed E-state index contributed by atoms with van der Waals surface area (Å²) in [5, 5.41) is 3.17. The third-order valence-electron chi connectivity index (χ3n) is 4.69. The Morgan fingerprint density at radius 1 is 1.19 bits per heavy atom. The van der Waals surface area contributed by atoms with Gasteiger partial charge in [0.1, 0.15) is 0 Å². The number of amides is 1. The summed E-state index contributed by atoms with van der Waals surface area (Å²) in [7, 11) is 0. The number of fused-ring (bicyclic) bond motifs is 1. The predicted octanol–water partition coefficient (Wildman–Crippen LogP) is 1.59. The quantitative estimate of drug-likeness (QED) is 0.734. The maximum absolute atomic E-state index is 12.8. The molecule has 1 aromatic heterocycles. The summed E-state index contributed by atoms with van der Waals surface area (Å²) in [4.78, 5) is 40.2. The van der Waals surface area contributed by atoms with Gasteiger partial charge in [0.15, 0.2) is 0 Å². The van der Waals surface area contributed by atoms with Crippen molar-refractivity contribution in [3.05, 3.63) is 74.9 Å². The summed E-state index contributed by atoms with van der Waals surface area (Å²) in [6.07, 6.45) is 1.99. The van der Waals surface area contributed by atoms with E-state index in [9.17, 15) is 14.4 Å². The lowest BCUT2D eigenvalue weighted by Gasteiger charge is -2.11. The molecule has 2 N–H and O–H groups in total. The van der Waals surface area contributed by atoms with Crippen LogP contribution in [0.5, 0.6) is 0 Å². The van der Waals surface area contributed by atoms with Gasteiger partial charge in [-0.3, -0.25) is 9.59 Å². The average Bonchev–Trinajstić information content (AvgIpc) is 3.20. The van der Waals surface area contributed by atoms with Crippen molar-refractivity contribution in [3.63, 3.8) is 0 Å². The Morgan fingerprint density at radius 3 is 2.74 bits per heavy atom. The summed E-state index contributed by atoms with van der Waals surface area (Å²) in [5.41, 5.74) is 0.237. The van der Waals surface area contributed by atoms with Crippen LogP contribution in [0.1, 0.15) is 23.2 Å². The normalized spacial score (nSPS) is 16.5. The van der Waals surface area contributed by atoms with Crippen molar-refractivity contribution in [2.24, 2.45) is 0 Å². The zero-order chi connectivity index (χ0) is 18.8. The third kappa shape index (κ3) is 3.41. The number of ether oxygens (including phenoxy) is 1. The molecule has 0 radical (unpaired) electrons. The minimum absolute atomic E-state index is 0.0484. The van der Waals surface area contributed by atoms with Crippen molar-refractivity contribution >= 4 is 16.8 Å². The van der Waals surface area contributed by atoms with E-state index in [0.717, 1.165) is 24.0 Å². The van der Waals surface area contributed by atoms with E-state index in [1.165, 1.54) is 6.07 Å². The minimum Gasteiger partial charge on any atom is -0.376 e. The Morgan fingerprint density at radius 2 is 2.00 bits per heavy atom. The molecule has 2 aromatic carbocycles. The number of para-hydroxylation sites is 1. The van der Waals surface area contributed by atoms with E-state index in [1.54, 1.807) is 36.4 Å². The van der Waals surface area contributed by atoms with E-state index < -0.39 is 11.2 Å². The molecule has 27 heavy (non-hydrogen) atoms. The number of rotatable bonds is 4. The highest BCUT2D eigenvalue weighted by atomic mass is 16.5. The molecule has 0 aliphatic carbocycles. The molecular weight excluding hydrogens is 346 g/mol.